The molecular formula is C22H16N2O6. The highest BCUT2D eigenvalue weighted by atomic mass is 16.6. The molecule has 1 aliphatic heterocycles. The number of carbonyl (C=O) groups is 2. The molecule has 0 unspecified atom stereocenters. The quantitative estimate of drug-likeness (QED) is 0.491. The fourth-order valence-electron chi connectivity index (χ4n) is 3.21. The Morgan fingerprint density at radius 3 is 2.67 bits per heavy atom. The summed E-state index contributed by atoms with van der Waals surface area (Å²) < 4.78 is 11.7. The molecule has 1 amide bonds. The highest BCUT2D eigenvalue weighted by Crippen LogP contribution is 2.42. The van der Waals surface area contributed by atoms with E-state index in [0.29, 0.717) is 22.7 Å². The number of hydrogen-bond acceptors (Lipinski definition) is 6. The molecule has 0 saturated heterocycles. The number of ketones is 1. The third-order valence-corrected chi connectivity index (χ3v) is 4.47. The average Bonchev–Trinajstić information content (AvgIpc) is 2.83. The van der Waals surface area contributed by atoms with Gasteiger partial charge in [0.25, 0.3) is 5.69 Å². The van der Waals surface area contributed by atoms with Crippen molar-refractivity contribution in [2.75, 3.05) is 5.32 Å². The van der Waals surface area contributed by atoms with E-state index < -0.39 is 4.92 Å². The number of carbonyl (C=O) groups excluding carboxylic acids is 2. The van der Waals surface area contributed by atoms with E-state index in [-0.39, 0.29) is 40.9 Å². The van der Waals surface area contributed by atoms with Crippen molar-refractivity contribution in [3.8, 4) is 23.0 Å². The zero-order chi connectivity index (χ0) is 21.3. The number of benzene rings is 3. The van der Waals surface area contributed by atoms with E-state index in [1.807, 2.05) is 0 Å². The normalized spacial score (nSPS) is 12.1. The van der Waals surface area contributed by atoms with Crippen LogP contribution in [0.3, 0.4) is 0 Å². The van der Waals surface area contributed by atoms with Gasteiger partial charge in [-0.05, 0) is 18.2 Å². The zero-order valence-corrected chi connectivity index (χ0v) is 15.9. The molecule has 1 N–H and O–H groups in total. The second-order valence-corrected chi connectivity index (χ2v) is 6.69. The minimum absolute atomic E-state index is 0.0111. The summed E-state index contributed by atoms with van der Waals surface area (Å²) in [5.41, 5.74) is 1.03. The number of nitro benzene ring substituents is 1. The topological polar surface area (TPSA) is 108 Å². The largest absolute Gasteiger partial charge is 0.456 e. The van der Waals surface area contributed by atoms with Gasteiger partial charge in [0.2, 0.25) is 5.91 Å². The molecular weight excluding hydrogens is 388 g/mol. The van der Waals surface area contributed by atoms with Gasteiger partial charge in [0.05, 0.1) is 17.1 Å². The van der Waals surface area contributed by atoms with E-state index in [2.05, 4.69) is 5.32 Å². The number of rotatable bonds is 4. The summed E-state index contributed by atoms with van der Waals surface area (Å²) in [5, 5.41) is 14.1. The van der Waals surface area contributed by atoms with Crippen molar-refractivity contribution in [2.24, 2.45) is 0 Å². The van der Waals surface area contributed by atoms with Crippen LogP contribution in [0, 0.1) is 10.1 Å². The van der Waals surface area contributed by atoms with Crippen LogP contribution >= 0.6 is 0 Å². The fourth-order valence-corrected chi connectivity index (χ4v) is 3.21. The molecule has 0 aliphatic carbocycles. The number of nitrogens with one attached hydrogen (secondary N) is 1. The standard InChI is InChI=1S/C22H16N2O6/c1-13(25)23-15-6-4-7-17(10-15)29-20-11-16(24(27)28)12-21-22(20)18(26)9-14-5-2-3-8-19(14)30-21/h2-8,10-12H,9H2,1H3,(H,23,25). The van der Waals surface area contributed by atoms with Crippen molar-refractivity contribution in [1.82, 2.24) is 0 Å². The van der Waals surface area contributed by atoms with Crippen LogP contribution in [0.5, 0.6) is 23.0 Å². The van der Waals surface area contributed by atoms with Crippen molar-refractivity contribution in [3.63, 3.8) is 0 Å². The van der Waals surface area contributed by atoms with Crippen molar-refractivity contribution in [3.05, 3.63) is 81.9 Å². The number of non-ortho nitro benzene ring substituents is 1. The molecule has 1 heterocycles. The lowest BCUT2D eigenvalue weighted by molar-refractivity contribution is -0.385. The molecule has 1 aliphatic rings. The van der Waals surface area contributed by atoms with E-state index in [0.717, 1.165) is 0 Å². The van der Waals surface area contributed by atoms with Crippen LogP contribution in [-0.4, -0.2) is 16.6 Å². The van der Waals surface area contributed by atoms with Crippen LogP contribution in [0.15, 0.2) is 60.7 Å². The summed E-state index contributed by atoms with van der Waals surface area (Å²) in [6, 6.07) is 15.9. The number of fused-ring (bicyclic) bond motifs is 2. The van der Waals surface area contributed by atoms with Crippen molar-refractivity contribution < 1.29 is 24.0 Å². The van der Waals surface area contributed by atoms with E-state index in [1.165, 1.54) is 19.1 Å². The Hall–Kier alpha value is -4.20. The van der Waals surface area contributed by atoms with Gasteiger partial charge in [-0.15, -0.1) is 0 Å². The number of anilines is 1. The fraction of sp³-hybridized carbons (Fsp3) is 0.0909. The van der Waals surface area contributed by atoms with E-state index >= 15 is 0 Å². The van der Waals surface area contributed by atoms with Crippen molar-refractivity contribution in [1.29, 1.82) is 0 Å². The Labute approximate surface area is 171 Å². The molecule has 3 aromatic carbocycles. The van der Waals surface area contributed by atoms with Gasteiger partial charge in [0, 0.05) is 30.7 Å². The number of nitro groups is 1. The predicted molar refractivity (Wildman–Crippen MR) is 108 cm³/mol. The Balaban J connectivity index is 1.80. The molecule has 4 rings (SSSR count). The van der Waals surface area contributed by atoms with Crippen molar-refractivity contribution in [2.45, 2.75) is 13.3 Å². The van der Waals surface area contributed by atoms with Gasteiger partial charge in [0.15, 0.2) is 5.78 Å². The van der Waals surface area contributed by atoms with Gasteiger partial charge in [-0.1, -0.05) is 24.3 Å². The maximum atomic E-state index is 13.0. The molecule has 8 nitrogen and oxygen atoms in total. The highest BCUT2D eigenvalue weighted by Gasteiger charge is 2.28. The first kappa shape index (κ1) is 19.1. The molecule has 0 radical (unpaired) electrons. The van der Waals surface area contributed by atoms with Gasteiger partial charge in [0.1, 0.15) is 28.6 Å². The third kappa shape index (κ3) is 3.83. The highest BCUT2D eigenvalue weighted by molar-refractivity contribution is 6.04. The second kappa shape index (κ2) is 7.67. The van der Waals surface area contributed by atoms with Gasteiger partial charge in [-0.3, -0.25) is 19.7 Å². The SMILES string of the molecule is CC(=O)Nc1cccc(Oc2cc([N+](=O)[O-])cc3c2C(=O)Cc2ccccc2O3)c1. The summed E-state index contributed by atoms with van der Waals surface area (Å²) in [7, 11) is 0. The van der Waals surface area contributed by atoms with E-state index in [4.69, 9.17) is 9.47 Å². The molecule has 0 atom stereocenters. The van der Waals surface area contributed by atoms with Crippen LogP contribution in [0.2, 0.25) is 0 Å². The number of amides is 1. The molecule has 0 aromatic heterocycles. The van der Waals surface area contributed by atoms with Crippen LogP contribution in [0.4, 0.5) is 11.4 Å². The molecule has 0 fully saturated rings. The maximum absolute atomic E-state index is 13.0. The first-order valence-electron chi connectivity index (χ1n) is 9.07. The molecule has 0 bridgehead atoms. The Bertz CT molecular complexity index is 1190. The summed E-state index contributed by atoms with van der Waals surface area (Å²) >= 11 is 0. The molecule has 8 heteroatoms. The van der Waals surface area contributed by atoms with Crippen LogP contribution in [0.1, 0.15) is 22.8 Å². The number of hydrogen-bond donors (Lipinski definition) is 1. The third-order valence-electron chi connectivity index (χ3n) is 4.47. The first-order chi connectivity index (χ1) is 14.4. The lowest BCUT2D eigenvalue weighted by Crippen LogP contribution is -2.06. The second-order valence-electron chi connectivity index (χ2n) is 6.69. The summed E-state index contributed by atoms with van der Waals surface area (Å²) in [5.74, 6) is 0.307. The molecule has 3 aromatic rings. The van der Waals surface area contributed by atoms with E-state index in [1.54, 1.807) is 48.5 Å². The lowest BCUT2D eigenvalue weighted by Gasteiger charge is -2.13. The smallest absolute Gasteiger partial charge is 0.276 e. The Morgan fingerprint density at radius 1 is 1.10 bits per heavy atom. The van der Waals surface area contributed by atoms with Crippen LogP contribution in [0.25, 0.3) is 0 Å². The number of ether oxygens (including phenoxy) is 2. The van der Waals surface area contributed by atoms with Gasteiger partial charge < -0.3 is 14.8 Å². The summed E-state index contributed by atoms with van der Waals surface area (Å²) in [4.78, 5) is 35.1. The Morgan fingerprint density at radius 2 is 1.90 bits per heavy atom. The monoisotopic (exact) mass is 404 g/mol. The van der Waals surface area contributed by atoms with E-state index in [9.17, 15) is 19.7 Å². The summed E-state index contributed by atoms with van der Waals surface area (Å²) in [6.45, 7) is 1.38. The maximum Gasteiger partial charge on any atom is 0.276 e. The number of nitrogens with zero attached hydrogens (tertiary/aromatic N) is 1. The molecule has 0 saturated carbocycles. The Kier molecular flexibility index (Phi) is 4.89. The number of Topliss-reactive ketones (excluding diaryl/α,β-unsaturated/α-hetero) is 1. The lowest BCUT2D eigenvalue weighted by atomic mass is 10.0. The van der Waals surface area contributed by atoms with Crippen LogP contribution in [-0.2, 0) is 11.2 Å². The average molecular weight is 404 g/mol. The molecule has 30 heavy (non-hydrogen) atoms. The van der Waals surface area contributed by atoms with Gasteiger partial charge in [-0.2, -0.15) is 0 Å². The first-order valence-corrected chi connectivity index (χ1v) is 9.07. The van der Waals surface area contributed by atoms with Gasteiger partial charge in [-0.25, -0.2) is 0 Å². The van der Waals surface area contributed by atoms with Gasteiger partial charge >= 0.3 is 0 Å². The van der Waals surface area contributed by atoms with Crippen LogP contribution < -0.4 is 14.8 Å². The number of para-hydroxylation sites is 1. The minimum Gasteiger partial charge on any atom is -0.456 e. The minimum atomic E-state index is -0.578. The predicted octanol–water partition coefficient (Wildman–Crippen LogP) is 4.88. The zero-order valence-electron chi connectivity index (χ0n) is 15.9. The summed E-state index contributed by atoms with van der Waals surface area (Å²) in [6.07, 6.45) is 0.0727. The molecule has 0 spiro atoms. The van der Waals surface area contributed by atoms with Crippen molar-refractivity contribution >= 4 is 23.1 Å². The molecule has 150 valence electrons.